The molecule has 0 aliphatic carbocycles. The number of anilines is 1. The van der Waals surface area contributed by atoms with E-state index in [2.05, 4.69) is 10.3 Å². The van der Waals surface area contributed by atoms with Gasteiger partial charge in [0.05, 0.1) is 6.04 Å². The van der Waals surface area contributed by atoms with Crippen LogP contribution in [0.5, 0.6) is 0 Å². The number of carbonyl (C=O) groups is 1. The Morgan fingerprint density at radius 3 is 2.94 bits per heavy atom. The van der Waals surface area contributed by atoms with Crippen molar-refractivity contribution in [2.75, 3.05) is 5.32 Å². The van der Waals surface area contributed by atoms with Crippen molar-refractivity contribution in [2.45, 2.75) is 32.7 Å². The molecule has 96 valence electrons. The summed E-state index contributed by atoms with van der Waals surface area (Å²) in [5.41, 5.74) is 7.82. The average molecular weight is 247 g/mol. The average Bonchev–Trinajstić information content (AvgIpc) is 2.79. The first-order valence-electron chi connectivity index (χ1n) is 6.10. The zero-order chi connectivity index (χ0) is 13.1. The standard InChI is InChI=1S/C13H17N3O2/c1-3-9(14)13(17)15-8-5-6-11-10(7-8)16-12(4-2)18-11/h5-7,9H,3-4,14H2,1-2H3,(H,15,17)/t9-/m0/s1. The van der Waals surface area contributed by atoms with E-state index in [-0.39, 0.29) is 5.91 Å². The summed E-state index contributed by atoms with van der Waals surface area (Å²) in [5.74, 6) is 0.509. The molecular weight excluding hydrogens is 230 g/mol. The fraction of sp³-hybridized carbons (Fsp3) is 0.385. The Kier molecular flexibility index (Phi) is 3.62. The number of nitrogens with two attached hydrogens (primary N) is 1. The second-order valence-corrected chi connectivity index (χ2v) is 4.15. The second-order valence-electron chi connectivity index (χ2n) is 4.15. The molecule has 0 saturated heterocycles. The number of nitrogens with zero attached hydrogens (tertiary/aromatic N) is 1. The number of hydrogen-bond donors (Lipinski definition) is 2. The number of benzene rings is 1. The van der Waals surface area contributed by atoms with Crippen LogP contribution in [-0.2, 0) is 11.2 Å². The summed E-state index contributed by atoms with van der Waals surface area (Å²) in [6, 6.07) is 4.89. The van der Waals surface area contributed by atoms with Gasteiger partial charge >= 0.3 is 0 Å². The molecule has 0 bridgehead atoms. The van der Waals surface area contributed by atoms with Gasteiger partial charge in [-0.2, -0.15) is 0 Å². The summed E-state index contributed by atoms with van der Waals surface area (Å²) in [6.07, 6.45) is 1.36. The van der Waals surface area contributed by atoms with Crippen molar-refractivity contribution >= 4 is 22.7 Å². The molecule has 1 aromatic heterocycles. The Hall–Kier alpha value is -1.88. The van der Waals surface area contributed by atoms with Crippen molar-refractivity contribution < 1.29 is 9.21 Å². The van der Waals surface area contributed by atoms with Gasteiger partial charge in [-0.15, -0.1) is 0 Å². The van der Waals surface area contributed by atoms with Crippen molar-refractivity contribution in [1.29, 1.82) is 0 Å². The lowest BCUT2D eigenvalue weighted by Gasteiger charge is -2.09. The molecule has 0 spiro atoms. The highest BCUT2D eigenvalue weighted by atomic mass is 16.3. The predicted octanol–water partition coefficient (Wildman–Crippen LogP) is 2.07. The Morgan fingerprint density at radius 1 is 1.50 bits per heavy atom. The van der Waals surface area contributed by atoms with Gasteiger partial charge in [-0.05, 0) is 24.6 Å². The fourth-order valence-electron chi connectivity index (χ4n) is 1.62. The lowest BCUT2D eigenvalue weighted by atomic mass is 10.2. The van der Waals surface area contributed by atoms with Crippen LogP contribution in [0, 0.1) is 0 Å². The van der Waals surface area contributed by atoms with Gasteiger partial charge in [0, 0.05) is 12.1 Å². The maximum absolute atomic E-state index is 11.7. The molecule has 5 nitrogen and oxygen atoms in total. The van der Waals surface area contributed by atoms with Gasteiger partial charge in [0.2, 0.25) is 5.91 Å². The zero-order valence-corrected chi connectivity index (χ0v) is 10.6. The van der Waals surface area contributed by atoms with Crippen LogP contribution in [0.15, 0.2) is 22.6 Å². The first-order chi connectivity index (χ1) is 8.63. The molecule has 5 heteroatoms. The van der Waals surface area contributed by atoms with E-state index >= 15 is 0 Å². The van der Waals surface area contributed by atoms with Crippen LogP contribution in [-0.4, -0.2) is 16.9 Å². The predicted molar refractivity (Wildman–Crippen MR) is 70.3 cm³/mol. The van der Waals surface area contributed by atoms with Crippen molar-refractivity contribution in [3.8, 4) is 0 Å². The molecule has 0 unspecified atom stereocenters. The monoisotopic (exact) mass is 247 g/mol. The number of rotatable bonds is 4. The minimum absolute atomic E-state index is 0.184. The highest BCUT2D eigenvalue weighted by Crippen LogP contribution is 2.20. The number of amides is 1. The Balaban J connectivity index is 2.21. The van der Waals surface area contributed by atoms with E-state index in [4.69, 9.17) is 10.2 Å². The summed E-state index contributed by atoms with van der Waals surface area (Å²) >= 11 is 0. The SMILES string of the molecule is CCc1nc2cc(NC(=O)[C@@H](N)CC)ccc2o1. The molecule has 18 heavy (non-hydrogen) atoms. The van der Waals surface area contributed by atoms with E-state index in [0.717, 1.165) is 17.5 Å². The topological polar surface area (TPSA) is 81.2 Å². The molecule has 2 rings (SSSR count). The summed E-state index contributed by atoms with van der Waals surface area (Å²) < 4.78 is 5.50. The van der Waals surface area contributed by atoms with E-state index in [1.54, 1.807) is 18.2 Å². The van der Waals surface area contributed by atoms with Gasteiger partial charge in [-0.25, -0.2) is 4.98 Å². The third kappa shape index (κ3) is 2.51. The smallest absolute Gasteiger partial charge is 0.241 e. The molecule has 0 fully saturated rings. The van der Waals surface area contributed by atoms with Gasteiger partial charge in [0.1, 0.15) is 5.52 Å². The summed E-state index contributed by atoms with van der Waals surface area (Å²) in [4.78, 5) is 16.0. The molecule has 0 aliphatic rings. The fourth-order valence-corrected chi connectivity index (χ4v) is 1.62. The molecule has 1 heterocycles. The molecular formula is C13H17N3O2. The number of hydrogen-bond acceptors (Lipinski definition) is 4. The largest absolute Gasteiger partial charge is 0.441 e. The van der Waals surface area contributed by atoms with Gasteiger partial charge in [0.25, 0.3) is 0 Å². The van der Waals surface area contributed by atoms with Crippen LogP contribution in [0.3, 0.4) is 0 Å². The highest BCUT2D eigenvalue weighted by Gasteiger charge is 2.12. The maximum atomic E-state index is 11.7. The molecule has 0 saturated carbocycles. The van der Waals surface area contributed by atoms with Crippen molar-refractivity contribution in [2.24, 2.45) is 5.73 Å². The molecule has 1 atom stereocenters. The molecule has 2 aromatic rings. The highest BCUT2D eigenvalue weighted by molar-refractivity contribution is 5.96. The van der Waals surface area contributed by atoms with Crippen LogP contribution in [0.2, 0.25) is 0 Å². The first kappa shape index (κ1) is 12.6. The van der Waals surface area contributed by atoms with Crippen LogP contribution < -0.4 is 11.1 Å². The van der Waals surface area contributed by atoms with Gasteiger partial charge in [-0.3, -0.25) is 4.79 Å². The number of oxazole rings is 1. The lowest BCUT2D eigenvalue weighted by Crippen LogP contribution is -2.34. The van der Waals surface area contributed by atoms with Crippen molar-refractivity contribution in [3.05, 3.63) is 24.1 Å². The lowest BCUT2D eigenvalue weighted by molar-refractivity contribution is -0.117. The maximum Gasteiger partial charge on any atom is 0.241 e. The van der Waals surface area contributed by atoms with E-state index in [9.17, 15) is 4.79 Å². The minimum atomic E-state index is -0.482. The zero-order valence-electron chi connectivity index (χ0n) is 10.6. The van der Waals surface area contributed by atoms with Gasteiger partial charge in [-0.1, -0.05) is 13.8 Å². The van der Waals surface area contributed by atoms with Gasteiger partial charge in [0.15, 0.2) is 11.5 Å². The summed E-state index contributed by atoms with van der Waals surface area (Å²) in [7, 11) is 0. The van der Waals surface area contributed by atoms with Crippen molar-refractivity contribution in [1.82, 2.24) is 4.98 Å². The van der Waals surface area contributed by atoms with E-state index in [1.165, 1.54) is 0 Å². The molecule has 0 aliphatic heterocycles. The quantitative estimate of drug-likeness (QED) is 0.866. The van der Waals surface area contributed by atoms with Gasteiger partial charge < -0.3 is 15.5 Å². The Bertz CT molecular complexity index is 562. The molecule has 1 aromatic carbocycles. The summed E-state index contributed by atoms with van der Waals surface area (Å²) in [5, 5.41) is 2.77. The summed E-state index contributed by atoms with van der Waals surface area (Å²) in [6.45, 7) is 3.85. The number of aryl methyl sites for hydroxylation is 1. The minimum Gasteiger partial charge on any atom is -0.441 e. The number of carbonyl (C=O) groups excluding carboxylic acids is 1. The van der Waals surface area contributed by atoms with Crippen LogP contribution in [0.1, 0.15) is 26.2 Å². The third-order valence-corrected chi connectivity index (χ3v) is 2.78. The molecule has 0 radical (unpaired) electrons. The Morgan fingerprint density at radius 2 is 2.28 bits per heavy atom. The molecule has 1 amide bonds. The van der Waals surface area contributed by atoms with E-state index < -0.39 is 6.04 Å². The Labute approximate surface area is 105 Å². The number of fused-ring (bicyclic) bond motifs is 1. The number of nitrogens with one attached hydrogen (secondary N) is 1. The molecule has 3 N–H and O–H groups in total. The normalized spacial score (nSPS) is 12.6. The van der Waals surface area contributed by atoms with Crippen LogP contribution in [0.25, 0.3) is 11.1 Å². The third-order valence-electron chi connectivity index (χ3n) is 2.78. The first-order valence-corrected chi connectivity index (χ1v) is 6.10. The second kappa shape index (κ2) is 5.18. The van der Waals surface area contributed by atoms with E-state index in [1.807, 2.05) is 13.8 Å². The van der Waals surface area contributed by atoms with Crippen LogP contribution >= 0.6 is 0 Å². The number of aromatic nitrogens is 1. The van der Waals surface area contributed by atoms with E-state index in [0.29, 0.717) is 18.0 Å². The van der Waals surface area contributed by atoms with Crippen molar-refractivity contribution in [3.63, 3.8) is 0 Å². The van der Waals surface area contributed by atoms with Crippen LogP contribution in [0.4, 0.5) is 5.69 Å².